The van der Waals surface area contributed by atoms with Crippen LogP contribution in [0.15, 0.2) is 6.07 Å². The molecule has 2 aromatic rings. The van der Waals surface area contributed by atoms with Gasteiger partial charge in [-0.1, -0.05) is 13.8 Å². The van der Waals surface area contributed by atoms with E-state index in [2.05, 4.69) is 47.3 Å². The van der Waals surface area contributed by atoms with Crippen molar-refractivity contribution in [3.05, 3.63) is 23.3 Å². The smallest absolute Gasteiger partial charge is 0.255 e. The van der Waals surface area contributed by atoms with Crippen molar-refractivity contribution in [2.75, 3.05) is 6.54 Å². The van der Waals surface area contributed by atoms with Gasteiger partial charge in [-0.05, 0) is 19.9 Å². The fourth-order valence-electron chi connectivity index (χ4n) is 1.93. The second kappa shape index (κ2) is 4.79. The average molecular weight is 233 g/mol. The van der Waals surface area contributed by atoms with E-state index < -0.39 is 0 Å². The van der Waals surface area contributed by atoms with E-state index in [1.54, 1.807) is 0 Å². The molecule has 0 spiro atoms. The highest BCUT2D eigenvalue weighted by Crippen LogP contribution is 2.08. The summed E-state index contributed by atoms with van der Waals surface area (Å²) in [5.41, 5.74) is 2.12. The normalized spacial score (nSPS) is 11.6. The standard InChI is InChI=1S/C12H19N5/c1-8(2)13-6-5-11-15-16-12-14-9(3)7-10(4)17(11)12/h7-8,13H,5-6H2,1-4H3. The third-order valence-corrected chi connectivity index (χ3v) is 2.66. The number of rotatable bonds is 4. The second-order valence-corrected chi connectivity index (χ2v) is 4.65. The molecule has 0 atom stereocenters. The zero-order valence-electron chi connectivity index (χ0n) is 10.9. The van der Waals surface area contributed by atoms with Crippen LogP contribution < -0.4 is 5.32 Å². The first-order valence-electron chi connectivity index (χ1n) is 5.99. The third-order valence-electron chi connectivity index (χ3n) is 2.66. The van der Waals surface area contributed by atoms with Gasteiger partial charge < -0.3 is 5.32 Å². The Morgan fingerprint density at radius 3 is 2.76 bits per heavy atom. The molecule has 5 nitrogen and oxygen atoms in total. The van der Waals surface area contributed by atoms with E-state index in [0.717, 1.165) is 30.2 Å². The maximum Gasteiger partial charge on any atom is 0.255 e. The van der Waals surface area contributed by atoms with E-state index in [1.807, 2.05) is 11.3 Å². The number of aromatic nitrogens is 4. The predicted octanol–water partition coefficient (Wildman–Crippen LogP) is 1.28. The van der Waals surface area contributed by atoms with Crippen molar-refractivity contribution in [2.45, 2.75) is 40.2 Å². The lowest BCUT2D eigenvalue weighted by atomic mass is 10.3. The fourth-order valence-corrected chi connectivity index (χ4v) is 1.93. The summed E-state index contributed by atoms with van der Waals surface area (Å²) < 4.78 is 2.02. The monoisotopic (exact) mass is 233 g/mol. The van der Waals surface area contributed by atoms with Crippen LogP contribution in [0.25, 0.3) is 5.78 Å². The van der Waals surface area contributed by atoms with Crippen LogP contribution in [0.2, 0.25) is 0 Å². The first-order chi connectivity index (χ1) is 8.08. The van der Waals surface area contributed by atoms with Gasteiger partial charge in [-0.2, -0.15) is 0 Å². The molecule has 0 amide bonds. The molecule has 0 unspecified atom stereocenters. The summed E-state index contributed by atoms with van der Waals surface area (Å²) in [6, 6.07) is 2.55. The number of fused-ring (bicyclic) bond motifs is 1. The third kappa shape index (κ3) is 2.61. The molecule has 0 bridgehead atoms. The van der Waals surface area contributed by atoms with Gasteiger partial charge in [0.1, 0.15) is 5.82 Å². The van der Waals surface area contributed by atoms with Crippen LogP contribution in [0.1, 0.15) is 31.1 Å². The molecule has 0 aliphatic heterocycles. The lowest BCUT2D eigenvalue weighted by Crippen LogP contribution is -2.25. The summed E-state index contributed by atoms with van der Waals surface area (Å²) in [5.74, 6) is 1.67. The molecule has 17 heavy (non-hydrogen) atoms. The van der Waals surface area contributed by atoms with Gasteiger partial charge in [0.2, 0.25) is 0 Å². The van der Waals surface area contributed by atoms with Crippen molar-refractivity contribution >= 4 is 5.78 Å². The zero-order valence-corrected chi connectivity index (χ0v) is 10.9. The number of hydrogen-bond donors (Lipinski definition) is 1. The highest BCUT2D eigenvalue weighted by molar-refractivity contribution is 5.32. The molecule has 0 aromatic carbocycles. The fraction of sp³-hybridized carbons (Fsp3) is 0.583. The summed E-state index contributed by atoms with van der Waals surface area (Å²) in [5, 5.41) is 11.7. The van der Waals surface area contributed by atoms with E-state index in [9.17, 15) is 0 Å². The van der Waals surface area contributed by atoms with Crippen LogP contribution in [0.5, 0.6) is 0 Å². The Kier molecular flexibility index (Phi) is 3.38. The summed E-state index contributed by atoms with van der Waals surface area (Å²) >= 11 is 0. The SMILES string of the molecule is Cc1cc(C)n2c(CCNC(C)C)nnc2n1. The molecule has 5 heteroatoms. The van der Waals surface area contributed by atoms with Crippen molar-refractivity contribution in [3.63, 3.8) is 0 Å². The van der Waals surface area contributed by atoms with Gasteiger partial charge in [-0.3, -0.25) is 4.40 Å². The number of hydrogen-bond acceptors (Lipinski definition) is 4. The Morgan fingerprint density at radius 2 is 2.06 bits per heavy atom. The molecule has 0 saturated carbocycles. The van der Waals surface area contributed by atoms with Crippen LogP contribution in [-0.4, -0.2) is 32.2 Å². The maximum absolute atomic E-state index is 4.37. The van der Waals surface area contributed by atoms with Crippen molar-refractivity contribution in [1.29, 1.82) is 0 Å². The molecule has 0 saturated heterocycles. The van der Waals surface area contributed by atoms with Gasteiger partial charge in [-0.15, -0.1) is 10.2 Å². The number of nitrogens with zero attached hydrogens (tertiary/aromatic N) is 4. The minimum atomic E-state index is 0.496. The van der Waals surface area contributed by atoms with Gasteiger partial charge in [-0.25, -0.2) is 4.98 Å². The lowest BCUT2D eigenvalue weighted by Gasteiger charge is -2.07. The molecule has 2 heterocycles. The van der Waals surface area contributed by atoms with Crippen LogP contribution in [0.4, 0.5) is 0 Å². The Bertz CT molecular complexity index is 515. The predicted molar refractivity (Wildman–Crippen MR) is 67.1 cm³/mol. The Balaban J connectivity index is 2.24. The van der Waals surface area contributed by atoms with Crippen LogP contribution in [0, 0.1) is 13.8 Å². The van der Waals surface area contributed by atoms with E-state index >= 15 is 0 Å². The molecule has 92 valence electrons. The van der Waals surface area contributed by atoms with Gasteiger partial charge in [0.15, 0.2) is 0 Å². The maximum atomic E-state index is 4.37. The van der Waals surface area contributed by atoms with Gasteiger partial charge in [0, 0.05) is 30.4 Å². The Hall–Kier alpha value is -1.49. The van der Waals surface area contributed by atoms with Crippen LogP contribution >= 0.6 is 0 Å². The van der Waals surface area contributed by atoms with Gasteiger partial charge in [0.05, 0.1) is 0 Å². The average Bonchev–Trinajstić information content (AvgIpc) is 2.60. The van der Waals surface area contributed by atoms with Gasteiger partial charge in [0.25, 0.3) is 5.78 Å². The Morgan fingerprint density at radius 1 is 1.29 bits per heavy atom. The van der Waals surface area contributed by atoms with Gasteiger partial charge >= 0.3 is 0 Å². The summed E-state index contributed by atoms with van der Waals surface area (Å²) in [6.07, 6.45) is 0.866. The second-order valence-electron chi connectivity index (χ2n) is 4.65. The topological polar surface area (TPSA) is 55.1 Å². The molecule has 0 fully saturated rings. The van der Waals surface area contributed by atoms with Crippen molar-refractivity contribution in [1.82, 2.24) is 24.9 Å². The zero-order chi connectivity index (χ0) is 12.4. The van der Waals surface area contributed by atoms with E-state index in [-0.39, 0.29) is 0 Å². The number of nitrogens with one attached hydrogen (secondary N) is 1. The van der Waals surface area contributed by atoms with E-state index in [1.165, 1.54) is 0 Å². The quantitative estimate of drug-likeness (QED) is 0.864. The summed E-state index contributed by atoms with van der Waals surface area (Å²) in [4.78, 5) is 4.37. The van der Waals surface area contributed by atoms with E-state index in [0.29, 0.717) is 11.8 Å². The molecule has 0 aliphatic carbocycles. The van der Waals surface area contributed by atoms with Crippen LogP contribution in [0.3, 0.4) is 0 Å². The lowest BCUT2D eigenvalue weighted by molar-refractivity contribution is 0.581. The summed E-state index contributed by atoms with van der Waals surface area (Å²) in [6.45, 7) is 9.22. The molecular weight excluding hydrogens is 214 g/mol. The molecule has 0 aliphatic rings. The highest BCUT2D eigenvalue weighted by Gasteiger charge is 2.09. The molecule has 2 aromatic heterocycles. The first kappa shape index (κ1) is 12.0. The van der Waals surface area contributed by atoms with E-state index in [4.69, 9.17) is 0 Å². The van der Waals surface area contributed by atoms with Crippen LogP contribution in [-0.2, 0) is 6.42 Å². The minimum absolute atomic E-state index is 0.496. The van der Waals surface area contributed by atoms with Crippen molar-refractivity contribution in [2.24, 2.45) is 0 Å². The molecule has 1 N–H and O–H groups in total. The molecular formula is C12H19N5. The van der Waals surface area contributed by atoms with Crippen molar-refractivity contribution in [3.8, 4) is 0 Å². The summed E-state index contributed by atoms with van der Waals surface area (Å²) in [7, 11) is 0. The first-order valence-corrected chi connectivity index (χ1v) is 5.99. The molecule has 0 radical (unpaired) electrons. The molecule has 2 rings (SSSR count). The number of aryl methyl sites for hydroxylation is 2. The highest BCUT2D eigenvalue weighted by atomic mass is 15.3. The minimum Gasteiger partial charge on any atom is -0.314 e. The largest absolute Gasteiger partial charge is 0.314 e. The van der Waals surface area contributed by atoms with Crippen molar-refractivity contribution < 1.29 is 0 Å². The Labute approximate surface area is 101 Å².